The van der Waals surface area contributed by atoms with Crippen molar-refractivity contribution in [1.29, 1.82) is 0 Å². The maximum atomic E-state index is 13.4. The molecular weight excluding hydrogens is 362 g/mol. The van der Waals surface area contributed by atoms with Crippen LogP contribution < -0.4 is 10.6 Å². The van der Waals surface area contributed by atoms with Crippen molar-refractivity contribution in [2.75, 3.05) is 6.54 Å². The molecular formula is C22H30F2N2O2. The molecule has 0 heterocycles. The van der Waals surface area contributed by atoms with Gasteiger partial charge < -0.3 is 10.6 Å². The molecule has 2 N–H and O–H groups in total. The Morgan fingerprint density at radius 3 is 2.39 bits per heavy atom. The lowest BCUT2D eigenvalue weighted by Gasteiger charge is -2.17. The van der Waals surface area contributed by atoms with Gasteiger partial charge in [0.1, 0.15) is 17.7 Å². The Labute approximate surface area is 166 Å². The first kappa shape index (κ1) is 23.5. The minimum atomic E-state index is -0.931. The molecule has 4 nitrogen and oxygen atoms in total. The zero-order chi connectivity index (χ0) is 20.9. The van der Waals surface area contributed by atoms with Gasteiger partial charge in [-0.25, -0.2) is 8.78 Å². The van der Waals surface area contributed by atoms with Gasteiger partial charge in [-0.2, -0.15) is 0 Å². The van der Waals surface area contributed by atoms with E-state index in [9.17, 15) is 18.4 Å². The minimum absolute atomic E-state index is 0.0106. The zero-order valence-electron chi connectivity index (χ0n) is 16.8. The van der Waals surface area contributed by atoms with Crippen molar-refractivity contribution in [3.8, 4) is 0 Å². The molecule has 28 heavy (non-hydrogen) atoms. The van der Waals surface area contributed by atoms with Gasteiger partial charge in [-0.1, -0.05) is 38.5 Å². The van der Waals surface area contributed by atoms with Crippen molar-refractivity contribution in [1.82, 2.24) is 10.6 Å². The first-order valence-electron chi connectivity index (χ1n) is 9.62. The van der Waals surface area contributed by atoms with Crippen LogP contribution in [-0.2, 0) is 16.0 Å². The Bertz CT molecular complexity index is 680. The number of nitrogens with one attached hydrogen (secondary N) is 2. The largest absolute Gasteiger partial charge is 0.351 e. The number of amides is 2. The molecule has 0 radical (unpaired) electrons. The Hall–Kier alpha value is -2.50. The van der Waals surface area contributed by atoms with Crippen LogP contribution in [0.15, 0.2) is 42.5 Å². The van der Waals surface area contributed by atoms with Gasteiger partial charge in [0.05, 0.1) is 0 Å². The summed E-state index contributed by atoms with van der Waals surface area (Å²) in [6.45, 7) is 6.42. The van der Waals surface area contributed by atoms with Gasteiger partial charge in [-0.05, 0) is 49.5 Å². The van der Waals surface area contributed by atoms with E-state index in [4.69, 9.17) is 0 Å². The average Bonchev–Trinajstić information content (AvgIpc) is 2.59. The van der Waals surface area contributed by atoms with E-state index >= 15 is 0 Å². The van der Waals surface area contributed by atoms with Gasteiger partial charge >= 0.3 is 0 Å². The van der Waals surface area contributed by atoms with Crippen LogP contribution in [-0.4, -0.2) is 24.4 Å². The number of halogens is 2. The lowest BCUT2D eigenvalue weighted by atomic mass is 10.0. The summed E-state index contributed by atoms with van der Waals surface area (Å²) in [6, 6.07) is 2.15. The maximum Gasteiger partial charge on any atom is 0.244 e. The summed E-state index contributed by atoms with van der Waals surface area (Å²) in [5, 5.41) is 5.30. The van der Waals surface area contributed by atoms with Crippen molar-refractivity contribution in [2.45, 2.75) is 52.5 Å². The third-order valence-electron chi connectivity index (χ3n) is 4.05. The van der Waals surface area contributed by atoms with Crippen molar-refractivity contribution in [2.24, 2.45) is 5.92 Å². The zero-order valence-corrected chi connectivity index (χ0v) is 16.8. The monoisotopic (exact) mass is 392 g/mol. The van der Waals surface area contributed by atoms with Crippen LogP contribution >= 0.6 is 0 Å². The van der Waals surface area contributed by atoms with Crippen LogP contribution in [0.3, 0.4) is 0 Å². The van der Waals surface area contributed by atoms with Crippen LogP contribution in [0.5, 0.6) is 0 Å². The molecule has 0 spiro atoms. The molecule has 1 aromatic rings. The number of unbranched alkanes of at least 4 members (excludes halogenated alkanes) is 1. The Morgan fingerprint density at radius 2 is 1.79 bits per heavy atom. The quantitative estimate of drug-likeness (QED) is 0.339. The number of rotatable bonds is 11. The summed E-state index contributed by atoms with van der Waals surface area (Å²) in [4.78, 5) is 24.6. The molecule has 1 rings (SSSR count). The summed E-state index contributed by atoms with van der Waals surface area (Å²) in [5.41, 5.74) is 0.296. The molecule has 0 unspecified atom stereocenters. The lowest BCUT2D eigenvalue weighted by Crippen LogP contribution is -2.47. The van der Waals surface area contributed by atoms with E-state index in [1.807, 2.05) is 6.92 Å². The van der Waals surface area contributed by atoms with Gasteiger partial charge in [-0.3, -0.25) is 9.59 Å². The highest BCUT2D eigenvalue weighted by atomic mass is 19.1. The van der Waals surface area contributed by atoms with Gasteiger partial charge in [0.25, 0.3) is 0 Å². The summed E-state index contributed by atoms with van der Waals surface area (Å²) in [6.07, 6.45) is 9.54. The molecule has 0 saturated heterocycles. The third kappa shape index (κ3) is 10.00. The van der Waals surface area contributed by atoms with Crippen molar-refractivity contribution in [3.63, 3.8) is 0 Å². The second-order valence-electron chi connectivity index (χ2n) is 7.08. The number of carbonyl (C=O) groups excluding carboxylic acids is 2. The third-order valence-corrected chi connectivity index (χ3v) is 4.05. The number of carbonyl (C=O) groups is 2. The van der Waals surface area contributed by atoms with Gasteiger partial charge in [0, 0.05) is 19.0 Å². The molecule has 2 amide bonds. The predicted molar refractivity (Wildman–Crippen MR) is 108 cm³/mol. The van der Waals surface area contributed by atoms with E-state index in [1.54, 1.807) is 18.2 Å². The molecule has 0 aliphatic heterocycles. The van der Waals surface area contributed by atoms with Crippen molar-refractivity contribution < 1.29 is 18.4 Å². The van der Waals surface area contributed by atoms with Crippen LogP contribution in [0.4, 0.5) is 8.78 Å². The smallest absolute Gasteiger partial charge is 0.244 e. The SMILES string of the molecule is C/C=C/CNC(=O)[C@H](Cc1cc(F)cc(F)c1)NC(=O)/C=C/CCCC(C)C. The fourth-order valence-electron chi connectivity index (χ4n) is 2.63. The van der Waals surface area contributed by atoms with E-state index in [2.05, 4.69) is 24.5 Å². The van der Waals surface area contributed by atoms with E-state index in [1.165, 1.54) is 6.08 Å². The maximum absolute atomic E-state index is 13.4. The molecule has 0 aliphatic rings. The number of allylic oxidation sites excluding steroid dienone is 2. The highest BCUT2D eigenvalue weighted by Gasteiger charge is 2.20. The molecule has 0 saturated carbocycles. The molecule has 1 aromatic carbocycles. The molecule has 6 heteroatoms. The topological polar surface area (TPSA) is 58.2 Å². The minimum Gasteiger partial charge on any atom is -0.351 e. The summed E-state index contributed by atoms with van der Waals surface area (Å²) >= 11 is 0. The van der Waals surface area contributed by atoms with Crippen LogP contribution in [0.2, 0.25) is 0 Å². The molecule has 0 aromatic heterocycles. The van der Waals surface area contributed by atoms with Gasteiger partial charge in [0.15, 0.2) is 0 Å². The van der Waals surface area contributed by atoms with Gasteiger partial charge in [0.2, 0.25) is 11.8 Å². The number of benzene rings is 1. The molecule has 1 atom stereocenters. The van der Waals surface area contributed by atoms with E-state index in [0.29, 0.717) is 18.0 Å². The highest BCUT2D eigenvalue weighted by molar-refractivity contribution is 5.93. The van der Waals surface area contributed by atoms with E-state index in [-0.39, 0.29) is 6.42 Å². The van der Waals surface area contributed by atoms with E-state index < -0.39 is 29.5 Å². The molecule has 0 bridgehead atoms. The molecule has 154 valence electrons. The predicted octanol–water partition coefficient (Wildman–Crippen LogP) is 4.07. The average molecular weight is 392 g/mol. The Balaban J connectivity index is 2.75. The lowest BCUT2D eigenvalue weighted by molar-refractivity contribution is -0.126. The second-order valence-corrected chi connectivity index (χ2v) is 7.08. The van der Waals surface area contributed by atoms with Crippen molar-refractivity contribution in [3.05, 3.63) is 59.7 Å². The molecule has 0 aliphatic carbocycles. The van der Waals surface area contributed by atoms with Crippen molar-refractivity contribution >= 4 is 11.8 Å². The van der Waals surface area contributed by atoms with E-state index in [0.717, 1.165) is 37.5 Å². The van der Waals surface area contributed by atoms with Crippen LogP contribution in [0.1, 0.15) is 45.6 Å². The summed E-state index contributed by atoms with van der Waals surface area (Å²) < 4.78 is 26.9. The second kappa shape index (κ2) is 12.8. The normalized spacial score (nSPS) is 12.6. The fraction of sp³-hybridized carbons (Fsp3) is 0.455. The first-order valence-corrected chi connectivity index (χ1v) is 9.62. The first-order chi connectivity index (χ1) is 13.3. The highest BCUT2D eigenvalue weighted by Crippen LogP contribution is 2.11. The molecule has 0 fully saturated rings. The van der Waals surface area contributed by atoms with Crippen LogP contribution in [0, 0.1) is 17.6 Å². The fourth-order valence-corrected chi connectivity index (χ4v) is 2.63. The number of hydrogen-bond acceptors (Lipinski definition) is 2. The summed E-state index contributed by atoms with van der Waals surface area (Å²) in [5.74, 6) is -1.66. The Morgan fingerprint density at radius 1 is 1.11 bits per heavy atom. The Kier molecular flexibility index (Phi) is 10.8. The summed E-state index contributed by atoms with van der Waals surface area (Å²) in [7, 11) is 0. The number of hydrogen-bond donors (Lipinski definition) is 2. The van der Waals surface area contributed by atoms with Crippen LogP contribution in [0.25, 0.3) is 0 Å². The standard InChI is InChI=1S/C22H30F2N2O2/c1-4-5-11-25-22(28)20(14-17-12-18(23)15-19(24)13-17)26-21(27)10-8-6-7-9-16(2)3/h4-5,8,10,12-13,15-16,20H,6-7,9,11,14H2,1-3H3,(H,25,28)(H,26,27)/b5-4+,10-8+/t20-/m0/s1. The van der Waals surface area contributed by atoms with Gasteiger partial charge in [-0.15, -0.1) is 0 Å².